The highest BCUT2D eigenvalue weighted by molar-refractivity contribution is 5.76. The van der Waals surface area contributed by atoms with Gasteiger partial charge in [-0.1, -0.05) is 6.92 Å². The van der Waals surface area contributed by atoms with Crippen molar-refractivity contribution in [2.45, 2.75) is 31.8 Å². The number of esters is 1. The third kappa shape index (κ3) is 2.09. The lowest BCUT2D eigenvalue weighted by Gasteiger charge is -2.49. The van der Waals surface area contributed by atoms with Crippen molar-refractivity contribution in [2.24, 2.45) is 5.92 Å². The molecular formula is C12H22N2O2. The Kier molecular flexibility index (Phi) is 3.50. The van der Waals surface area contributed by atoms with E-state index in [9.17, 15) is 4.79 Å². The lowest BCUT2D eigenvalue weighted by Crippen LogP contribution is -2.61. The van der Waals surface area contributed by atoms with E-state index in [0.29, 0.717) is 12.0 Å². The first-order valence-corrected chi connectivity index (χ1v) is 6.15. The van der Waals surface area contributed by atoms with Crippen molar-refractivity contribution in [3.05, 3.63) is 0 Å². The zero-order valence-electron chi connectivity index (χ0n) is 10.5. The Hall–Kier alpha value is -0.610. The van der Waals surface area contributed by atoms with E-state index in [1.807, 2.05) is 0 Å². The van der Waals surface area contributed by atoms with E-state index in [2.05, 4.69) is 23.8 Å². The van der Waals surface area contributed by atoms with E-state index < -0.39 is 0 Å². The smallest absolute Gasteiger partial charge is 0.323 e. The van der Waals surface area contributed by atoms with Crippen molar-refractivity contribution < 1.29 is 9.53 Å². The lowest BCUT2D eigenvalue weighted by atomic mass is 9.87. The first-order valence-electron chi connectivity index (χ1n) is 6.15. The van der Waals surface area contributed by atoms with Crippen LogP contribution in [0.5, 0.6) is 0 Å². The Bertz CT molecular complexity index is 270. The van der Waals surface area contributed by atoms with Gasteiger partial charge in [-0.05, 0) is 32.4 Å². The van der Waals surface area contributed by atoms with Crippen LogP contribution in [0.25, 0.3) is 0 Å². The molecule has 0 spiro atoms. The van der Waals surface area contributed by atoms with Crippen LogP contribution in [0.3, 0.4) is 0 Å². The molecule has 0 bridgehead atoms. The molecule has 0 N–H and O–H groups in total. The summed E-state index contributed by atoms with van der Waals surface area (Å²) in [7, 11) is 3.65. The van der Waals surface area contributed by atoms with E-state index in [1.54, 1.807) is 0 Å². The molecule has 2 fully saturated rings. The molecule has 92 valence electrons. The van der Waals surface area contributed by atoms with E-state index >= 15 is 0 Å². The number of rotatable bonds is 2. The minimum atomic E-state index is -0.0580. The van der Waals surface area contributed by atoms with Crippen molar-refractivity contribution in [2.75, 3.05) is 33.8 Å². The molecule has 3 atom stereocenters. The largest absolute Gasteiger partial charge is 0.468 e. The SMILES string of the molecule is COC(=O)C1CCN1C1CCN(C)CC1C. The minimum absolute atomic E-state index is 0.0286. The first-order chi connectivity index (χ1) is 7.63. The van der Waals surface area contributed by atoms with Gasteiger partial charge in [0.15, 0.2) is 0 Å². The summed E-state index contributed by atoms with van der Waals surface area (Å²) in [6.07, 6.45) is 2.14. The molecule has 4 nitrogen and oxygen atoms in total. The normalized spacial score (nSPS) is 36.8. The van der Waals surface area contributed by atoms with Gasteiger partial charge < -0.3 is 9.64 Å². The summed E-state index contributed by atoms with van der Waals surface area (Å²) >= 11 is 0. The van der Waals surface area contributed by atoms with Gasteiger partial charge in [-0.2, -0.15) is 0 Å². The van der Waals surface area contributed by atoms with Gasteiger partial charge in [0, 0.05) is 19.1 Å². The van der Waals surface area contributed by atoms with E-state index in [0.717, 1.165) is 26.1 Å². The minimum Gasteiger partial charge on any atom is -0.468 e. The maximum absolute atomic E-state index is 11.5. The summed E-state index contributed by atoms with van der Waals surface area (Å²) in [5.41, 5.74) is 0. The van der Waals surface area contributed by atoms with Crippen molar-refractivity contribution in [3.63, 3.8) is 0 Å². The predicted octanol–water partition coefficient (Wildman–Crippen LogP) is 0.574. The van der Waals surface area contributed by atoms with Crippen LogP contribution < -0.4 is 0 Å². The summed E-state index contributed by atoms with van der Waals surface area (Å²) < 4.78 is 4.84. The van der Waals surface area contributed by atoms with Gasteiger partial charge in [0.05, 0.1) is 7.11 Å². The zero-order valence-corrected chi connectivity index (χ0v) is 10.5. The molecule has 2 saturated heterocycles. The Balaban J connectivity index is 1.95. The monoisotopic (exact) mass is 226 g/mol. The number of ether oxygens (including phenoxy) is 1. The number of likely N-dealkylation sites (tertiary alicyclic amines) is 2. The standard InChI is InChI=1S/C12H22N2O2/c1-9-8-13(2)6-4-10(9)14-7-5-11(14)12(15)16-3/h9-11H,4-8H2,1-3H3. The zero-order chi connectivity index (χ0) is 11.7. The molecule has 16 heavy (non-hydrogen) atoms. The highest BCUT2D eigenvalue weighted by Gasteiger charge is 2.42. The third-order valence-corrected chi connectivity index (χ3v) is 4.02. The van der Waals surface area contributed by atoms with Crippen molar-refractivity contribution in [3.8, 4) is 0 Å². The summed E-state index contributed by atoms with van der Waals surface area (Å²) in [5.74, 6) is 0.587. The topological polar surface area (TPSA) is 32.8 Å². The fourth-order valence-corrected chi connectivity index (χ4v) is 3.03. The van der Waals surface area contributed by atoms with Gasteiger partial charge in [0.25, 0.3) is 0 Å². The molecule has 0 radical (unpaired) electrons. The molecule has 0 aromatic rings. The van der Waals surface area contributed by atoms with E-state index in [4.69, 9.17) is 4.74 Å². The Morgan fingerprint density at radius 2 is 2.06 bits per heavy atom. The molecule has 3 unspecified atom stereocenters. The quantitative estimate of drug-likeness (QED) is 0.645. The molecule has 2 rings (SSSR count). The predicted molar refractivity (Wildman–Crippen MR) is 62.2 cm³/mol. The molecule has 2 aliphatic heterocycles. The highest BCUT2D eigenvalue weighted by Crippen LogP contribution is 2.30. The Labute approximate surface area is 97.5 Å². The molecule has 0 aromatic heterocycles. The average molecular weight is 226 g/mol. The second-order valence-corrected chi connectivity index (χ2v) is 5.16. The maximum Gasteiger partial charge on any atom is 0.323 e. The first kappa shape index (κ1) is 11.9. The molecule has 2 aliphatic rings. The Morgan fingerprint density at radius 3 is 2.56 bits per heavy atom. The number of methoxy groups -OCH3 is 1. The summed E-state index contributed by atoms with van der Waals surface area (Å²) in [6, 6.07) is 0.593. The average Bonchev–Trinajstić information content (AvgIpc) is 2.20. The van der Waals surface area contributed by atoms with Crippen LogP contribution in [-0.4, -0.2) is 61.6 Å². The summed E-state index contributed by atoms with van der Waals surface area (Å²) in [5, 5.41) is 0. The molecular weight excluding hydrogens is 204 g/mol. The van der Waals surface area contributed by atoms with Crippen LogP contribution in [0.4, 0.5) is 0 Å². The molecule has 2 heterocycles. The van der Waals surface area contributed by atoms with Gasteiger partial charge in [0.1, 0.15) is 6.04 Å². The van der Waals surface area contributed by atoms with Gasteiger partial charge in [-0.25, -0.2) is 0 Å². The highest BCUT2D eigenvalue weighted by atomic mass is 16.5. The van der Waals surface area contributed by atoms with Crippen molar-refractivity contribution in [1.82, 2.24) is 9.80 Å². The number of piperidine rings is 1. The van der Waals surface area contributed by atoms with Gasteiger partial charge in [0.2, 0.25) is 0 Å². The fourth-order valence-electron chi connectivity index (χ4n) is 3.03. The third-order valence-electron chi connectivity index (χ3n) is 4.02. The lowest BCUT2D eigenvalue weighted by molar-refractivity contribution is -0.155. The second kappa shape index (κ2) is 4.72. The number of nitrogens with zero attached hydrogens (tertiary/aromatic N) is 2. The van der Waals surface area contributed by atoms with E-state index in [1.165, 1.54) is 13.5 Å². The van der Waals surface area contributed by atoms with Crippen LogP contribution in [0, 0.1) is 5.92 Å². The number of carbonyl (C=O) groups excluding carboxylic acids is 1. The molecule has 0 aliphatic carbocycles. The van der Waals surface area contributed by atoms with Gasteiger partial charge in [-0.3, -0.25) is 9.69 Å². The fraction of sp³-hybridized carbons (Fsp3) is 0.917. The second-order valence-electron chi connectivity index (χ2n) is 5.16. The van der Waals surface area contributed by atoms with Gasteiger partial charge >= 0.3 is 5.97 Å². The van der Waals surface area contributed by atoms with Crippen molar-refractivity contribution >= 4 is 5.97 Å². The van der Waals surface area contributed by atoms with Crippen LogP contribution in [-0.2, 0) is 9.53 Å². The molecule has 4 heteroatoms. The molecule has 0 saturated carbocycles. The van der Waals surface area contributed by atoms with Crippen LogP contribution in [0.2, 0.25) is 0 Å². The number of hydrogen-bond donors (Lipinski definition) is 0. The molecule has 0 aromatic carbocycles. The van der Waals surface area contributed by atoms with Crippen LogP contribution in [0.15, 0.2) is 0 Å². The maximum atomic E-state index is 11.5. The number of carbonyl (C=O) groups is 1. The summed E-state index contributed by atoms with van der Waals surface area (Å²) in [4.78, 5) is 16.2. The number of hydrogen-bond acceptors (Lipinski definition) is 4. The van der Waals surface area contributed by atoms with Gasteiger partial charge in [-0.15, -0.1) is 0 Å². The molecule has 0 amide bonds. The van der Waals surface area contributed by atoms with E-state index in [-0.39, 0.29) is 12.0 Å². The van der Waals surface area contributed by atoms with Crippen molar-refractivity contribution in [1.29, 1.82) is 0 Å². The Morgan fingerprint density at radius 1 is 1.31 bits per heavy atom. The summed E-state index contributed by atoms with van der Waals surface area (Å²) in [6.45, 7) is 5.61. The van der Waals surface area contributed by atoms with Crippen LogP contribution >= 0.6 is 0 Å². The van der Waals surface area contributed by atoms with Crippen LogP contribution in [0.1, 0.15) is 19.8 Å².